The van der Waals surface area contributed by atoms with Gasteiger partial charge < -0.3 is 5.73 Å². The largest absolute Gasteiger partial charge is 0.417 e. The fourth-order valence-electron chi connectivity index (χ4n) is 0.796. The first-order chi connectivity index (χ1) is 6.54. The van der Waals surface area contributed by atoms with Gasteiger partial charge in [0.15, 0.2) is 0 Å². The van der Waals surface area contributed by atoms with E-state index < -0.39 is 11.7 Å². The number of hydrogen-bond donors (Lipinski definition) is 1. The van der Waals surface area contributed by atoms with E-state index in [4.69, 9.17) is 5.73 Å². The topological polar surface area (TPSA) is 51.3 Å². The van der Waals surface area contributed by atoms with E-state index in [0.717, 1.165) is 12.3 Å². The normalized spacial score (nSPS) is 12.3. The van der Waals surface area contributed by atoms with Crippen molar-refractivity contribution in [3.05, 3.63) is 29.6 Å². The lowest BCUT2D eigenvalue weighted by Gasteiger charge is -2.04. The molecule has 0 aliphatic rings. The standard InChI is InChI=1S/C8H8F3N3/c9-8(10,11)6-1-2-7(14-3-6)4-13-5-12/h1-4H,5,12H2/b13-4+. The summed E-state index contributed by atoms with van der Waals surface area (Å²) in [5, 5.41) is 0. The van der Waals surface area contributed by atoms with Crippen molar-refractivity contribution in [1.82, 2.24) is 4.98 Å². The Morgan fingerprint density at radius 3 is 2.57 bits per heavy atom. The molecule has 0 unspecified atom stereocenters. The summed E-state index contributed by atoms with van der Waals surface area (Å²) in [6.07, 6.45) is -2.27. The Balaban J connectivity index is 2.84. The summed E-state index contributed by atoms with van der Waals surface area (Å²) in [5.74, 6) is 0. The fourth-order valence-corrected chi connectivity index (χ4v) is 0.796. The second-order valence-corrected chi connectivity index (χ2v) is 2.46. The van der Waals surface area contributed by atoms with Crippen molar-refractivity contribution in [2.45, 2.75) is 6.18 Å². The Morgan fingerprint density at radius 1 is 1.43 bits per heavy atom. The van der Waals surface area contributed by atoms with Gasteiger partial charge in [-0.3, -0.25) is 9.98 Å². The third-order valence-electron chi connectivity index (χ3n) is 1.44. The molecule has 0 aromatic carbocycles. The van der Waals surface area contributed by atoms with E-state index in [1.807, 2.05) is 0 Å². The number of aliphatic imine (C=N–C) groups is 1. The number of hydrogen-bond acceptors (Lipinski definition) is 3. The minimum absolute atomic E-state index is 0.0860. The highest BCUT2D eigenvalue weighted by molar-refractivity contribution is 5.76. The van der Waals surface area contributed by atoms with Gasteiger partial charge in [-0.15, -0.1) is 0 Å². The molecule has 1 heterocycles. The van der Waals surface area contributed by atoms with E-state index in [1.54, 1.807) is 0 Å². The Bertz CT molecular complexity index is 316. The van der Waals surface area contributed by atoms with Gasteiger partial charge in [-0.2, -0.15) is 13.2 Å². The smallest absolute Gasteiger partial charge is 0.312 e. The SMILES string of the molecule is NC/N=C/c1ccc(C(F)(F)F)cn1. The van der Waals surface area contributed by atoms with E-state index in [0.29, 0.717) is 5.69 Å². The molecule has 0 saturated carbocycles. The summed E-state index contributed by atoms with van der Waals surface area (Å²) >= 11 is 0. The lowest BCUT2D eigenvalue weighted by atomic mass is 10.2. The highest BCUT2D eigenvalue weighted by Crippen LogP contribution is 2.28. The lowest BCUT2D eigenvalue weighted by Crippen LogP contribution is -2.06. The molecule has 6 heteroatoms. The molecule has 1 rings (SSSR count). The van der Waals surface area contributed by atoms with Crippen molar-refractivity contribution < 1.29 is 13.2 Å². The molecule has 0 aliphatic carbocycles. The van der Waals surface area contributed by atoms with Gasteiger partial charge >= 0.3 is 6.18 Å². The minimum atomic E-state index is -4.35. The number of pyridine rings is 1. The molecule has 3 nitrogen and oxygen atoms in total. The molecule has 0 atom stereocenters. The van der Waals surface area contributed by atoms with Gasteiger partial charge in [0.1, 0.15) is 0 Å². The molecule has 0 spiro atoms. The summed E-state index contributed by atoms with van der Waals surface area (Å²) in [6.45, 7) is 0.0860. The first kappa shape index (κ1) is 10.6. The third-order valence-corrected chi connectivity index (χ3v) is 1.44. The molecule has 0 aliphatic heterocycles. The maximum atomic E-state index is 12.1. The molecular weight excluding hydrogens is 195 g/mol. The molecule has 0 fully saturated rings. The average molecular weight is 203 g/mol. The molecule has 14 heavy (non-hydrogen) atoms. The van der Waals surface area contributed by atoms with Crippen molar-refractivity contribution in [2.24, 2.45) is 10.7 Å². The Morgan fingerprint density at radius 2 is 2.14 bits per heavy atom. The molecule has 0 saturated heterocycles. The van der Waals surface area contributed by atoms with E-state index >= 15 is 0 Å². The first-order valence-corrected chi connectivity index (χ1v) is 3.77. The number of alkyl halides is 3. The van der Waals surface area contributed by atoms with E-state index in [2.05, 4.69) is 9.98 Å². The van der Waals surface area contributed by atoms with Crippen LogP contribution in [-0.2, 0) is 6.18 Å². The lowest BCUT2D eigenvalue weighted by molar-refractivity contribution is -0.137. The van der Waals surface area contributed by atoms with Crippen LogP contribution in [0.4, 0.5) is 13.2 Å². The van der Waals surface area contributed by atoms with Gasteiger partial charge in [0, 0.05) is 12.4 Å². The van der Waals surface area contributed by atoms with Crippen LogP contribution in [0.2, 0.25) is 0 Å². The highest BCUT2D eigenvalue weighted by Gasteiger charge is 2.30. The quantitative estimate of drug-likeness (QED) is 0.739. The maximum absolute atomic E-state index is 12.1. The Kier molecular flexibility index (Phi) is 3.19. The van der Waals surface area contributed by atoms with Crippen LogP contribution in [0.5, 0.6) is 0 Å². The zero-order valence-electron chi connectivity index (χ0n) is 7.12. The van der Waals surface area contributed by atoms with Gasteiger partial charge in [-0.1, -0.05) is 0 Å². The molecule has 0 bridgehead atoms. The van der Waals surface area contributed by atoms with Crippen LogP contribution in [0.15, 0.2) is 23.3 Å². The van der Waals surface area contributed by atoms with Crippen molar-refractivity contribution in [1.29, 1.82) is 0 Å². The predicted octanol–water partition coefficient (Wildman–Crippen LogP) is 1.44. The molecule has 2 N–H and O–H groups in total. The van der Waals surface area contributed by atoms with Crippen molar-refractivity contribution >= 4 is 6.21 Å². The monoisotopic (exact) mass is 203 g/mol. The second kappa shape index (κ2) is 4.19. The van der Waals surface area contributed by atoms with Crippen LogP contribution in [0.3, 0.4) is 0 Å². The Labute approximate surface area is 78.5 Å². The molecule has 0 amide bonds. The summed E-state index contributed by atoms with van der Waals surface area (Å²) < 4.78 is 36.2. The van der Waals surface area contributed by atoms with Gasteiger partial charge in [0.2, 0.25) is 0 Å². The molecule has 0 radical (unpaired) electrons. The predicted molar refractivity (Wildman–Crippen MR) is 45.9 cm³/mol. The average Bonchev–Trinajstić information content (AvgIpc) is 2.14. The highest BCUT2D eigenvalue weighted by atomic mass is 19.4. The number of halogens is 3. The Hall–Kier alpha value is -1.43. The number of rotatable bonds is 2. The fraction of sp³-hybridized carbons (Fsp3) is 0.250. The summed E-state index contributed by atoms with van der Waals surface area (Å²) in [6, 6.07) is 2.19. The van der Waals surface area contributed by atoms with Crippen LogP contribution in [0.25, 0.3) is 0 Å². The molecule has 76 valence electrons. The first-order valence-electron chi connectivity index (χ1n) is 3.77. The summed E-state index contributed by atoms with van der Waals surface area (Å²) in [4.78, 5) is 7.20. The zero-order valence-corrected chi connectivity index (χ0v) is 7.12. The number of nitrogens with two attached hydrogens (primary N) is 1. The molecular formula is C8H8F3N3. The van der Waals surface area contributed by atoms with Gasteiger partial charge in [-0.05, 0) is 12.1 Å². The third kappa shape index (κ3) is 2.81. The summed E-state index contributed by atoms with van der Waals surface area (Å²) in [7, 11) is 0. The second-order valence-electron chi connectivity index (χ2n) is 2.46. The zero-order chi connectivity index (χ0) is 10.6. The van der Waals surface area contributed by atoms with Gasteiger partial charge in [-0.25, -0.2) is 0 Å². The number of nitrogens with zero attached hydrogens (tertiary/aromatic N) is 2. The molecule has 1 aromatic rings. The van der Waals surface area contributed by atoms with E-state index in [-0.39, 0.29) is 6.67 Å². The van der Waals surface area contributed by atoms with Crippen molar-refractivity contribution in [3.8, 4) is 0 Å². The summed E-state index contributed by atoms with van der Waals surface area (Å²) in [5.41, 5.74) is 4.64. The molecule has 1 aromatic heterocycles. The van der Waals surface area contributed by atoms with Crippen LogP contribution < -0.4 is 5.73 Å². The van der Waals surface area contributed by atoms with E-state index in [1.165, 1.54) is 12.3 Å². The van der Waals surface area contributed by atoms with Crippen molar-refractivity contribution in [3.63, 3.8) is 0 Å². The van der Waals surface area contributed by atoms with E-state index in [9.17, 15) is 13.2 Å². The minimum Gasteiger partial charge on any atom is -0.312 e. The van der Waals surface area contributed by atoms with Gasteiger partial charge in [0.05, 0.1) is 17.9 Å². The van der Waals surface area contributed by atoms with Gasteiger partial charge in [0.25, 0.3) is 0 Å². The van der Waals surface area contributed by atoms with Crippen LogP contribution >= 0.6 is 0 Å². The van der Waals surface area contributed by atoms with Crippen LogP contribution in [0, 0.1) is 0 Å². The van der Waals surface area contributed by atoms with Crippen LogP contribution in [-0.4, -0.2) is 17.9 Å². The maximum Gasteiger partial charge on any atom is 0.417 e. The number of aromatic nitrogens is 1. The van der Waals surface area contributed by atoms with Crippen molar-refractivity contribution in [2.75, 3.05) is 6.67 Å². The van der Waals surface area contributed by atoms with Crippen LogP contribution in [0.1, 0.15) is 11.3 Å².